The van der Waals surface area contributed by atoms with Crippen LogP contribution in [0.4, 0.5) is 5.95 Å². The van der Waals surface area contributed by atoms with Crippen LogP contribution in [-0.2, 0) is 0 Å². The fraction of sp³-hybridized carbons (Fsp3) is 0.0667. The number of anilines is 1. The minimum Gasteiger partial charge on any atom is -0.369 e. The first kappa shape index (κ1) is 12.7. The lowest BCUT2D eigenvalue weighted by Crippen LogP contribution is -2.03. The molecule has 0 spiro atoms. The molecule has 0 amide bonds. The number of imidazole rings is 1. The van der Waals surface area contributed by atoms with Crippen molar-refractivity contribution in [3.05, 3.63) is 52.0 Å². The lowest BCUT2D eigenvalue weighted by molar-refractivity contribution is 1.09. The van der Waals surface area contributed by atoms with Gasteiger partial charge >= 0.3 is 0 Å². The van der Waals surface area contributed by atoms with E-state index in [1.807, 2.05) is 47.9 Å². The summed E-state index contributed by atoms with van der Waals surface area (Å²) < 4.78 is 2.75. The summed E-state index contributed by atoms with van der Waals surface area (Å²) in [6, 6.07) is 13.7. The van der Waals surface area contributed by atoms with E-state index in [4.69, 9.17) is 5.73 Å². The van der Waals surface area contributed by atoms with Crippen molar-refractivity contribution in [2.75, 3.05) is 5.73 Å². The number of aryl methyl sites for hydroxylation is 1. The number of nitrogen functional groups attached to an aromatic ring is 1. The second-order valence-electron chi connectivity index (χ2n) is 4.52. The molecule has 1 aromatic heterocycles. The van der Waals surface area contributed by atoms with Crippen molar-refractivity contribution in [2.45, 2.75) is 6.92 Å². The zero-order chi connectivity index (χ0) is 14.3. The van der Waals surface area contributed by atoms with E-state index in [9.17, 15) is 5.26 Å². The number of nitrogens with two attached hydrogens (primary N) is 1. The molecule has 0 unspecified atom stereocenters. The largest absolute Gasteiger partial charge is 0.369 e. The fourth-order valence-electron chi connectivity index (χ4n) is 2.30. The highest BCUT2D eigenvalue weighted by Crippen LogP contribution is 2.28. The van der Waals surface area contributed by atoms with Gasteiger partial charge in [-0.1, -0.05) is 28.1 Å². The maximum atomic E-state index is 9.38. The zero-order valence-electron chi connectivity index (χ0n) is 10.8. The van der Waals surface area contributed by atoms with Crippen LogP contribution in [0.3, 0.4) is 0 Å². The molecule has 0 bridgehead atoms. The molecule has 98 valence electrons. The molecule has 3 rings (SSSR count). The van der Waals surface area contributed by atoms with Crippen LogP contribution in [0.2, 0.25) is 0 Å². The van der Waals surface area contributed by atoms with Crippen molar-refractivity contribution < 1.29 is 0 Å². The summed E-state index contributed by atoms with van der Waals surface area (Å²) in [5.74, 6) is 0.375. The van der Waals surface area contributed by atoms with Gasteiger partial charge in [-0.05, 0) is 36.8 Å². The molecule has 0 aliphatic heterocycles. The molecule has 2 aromatic carbocycles. The van der Waals surface area contributed by atoms with Crippen LogP contribution < -0.4 is 5.73 Å². The molecule has 0 radical (unpaired) electrons. The Morgan fingerprint density at radius 2 is 2.10 bits per heavy atom. The van der Waals surface area contributed by atoms with Gasteiger partial charge in [0.2, 0.25) is 5.95 Å². The summed E-state index contributed by atoms with van der Waals surface area (Å²) in [5, 5.41) is 9.38. The number of hydrogen-bond acceptors (Lipinski definition) is 3. The Hall–Kier alpha value is -2.32. The Bertz CT molecular complexity index is 858. The Morgan fingerprint density at radius 3 is 2.85 bits per heavy atom. The molecule has 0 saturated carbocycles. The van der Waals surface area contributed by atoms with Crippen molar-refractivity contribution in [3.8, 4) is 11.8 Å². The van der Waals surface area contributed by atoms with Gasteiger partial charge in [0.1, 0.15) is 6.07 Å². The van der Waals surface area contributed by atoms with Gasteiger partial charge in [0.25, 0.3) is 0 Å². The third kappa shape index (κ3) is 1.86. The highest BCUT2D eigenvalue weighted by molar-refractivity contribution is 9.10. The third-order valence-corrected chi connectivity index (χ3v) is 3.74. The Kier molecular flexibility index (Phi) is 2.96. The molecule has 1 heterocycles. The molecule has 4 nitrogen and oxygen atoms in total. The number of hydrogen-bond donors (Lipinski definition) is 1. The van der Waals surface area contributed by atoms with E-state index in [1.54, 1.807) is 0 Å². The number of benzene rings is 2. The summed E-state index contributed by atoms with van der Waals surface area (Å²) in [4.78, 5) is 4.35. The second-order valence-corrected chi connectivity index (χ2v) is 5.43. The van der Waals surface area contributed by atoms with Crippen LogP contribution in [0.5, 0.6) is 0 Å². The van der Waals surface area contributed by atoms with Crippen molar-refractivity contribution in [2.24, 2.45) is 0 Å². The quantitative estimate of drug-likeness (QED) is 0.743. The Labute approximate surface area is 124 Å². The standard InChI is InChI=1S/C15H11BrN4/c1-9-3-2-4-13(11(9)8-17)20-14-7-10(16)5-6-12(14)19-15(20)18/h2-7H,1H3,(H2,18,19). The average Bonchev–Trinajstić information content (AvgIpc) is 2.73. The first-order chi connectivity index (χ1) is 9.61. The van der Waals surface area contributed by atoms with Crippen molar-refractivity contribution in [3.63, 3.8) is 0 Å². The molecule has 20 heavy (non-hydrogen) atoms. The lowest BCUT2D eigenvalue weighted by atomic mass is 10.1. The molecular weight excluding hydrogens is 316 g/mol. The topological polar surface area (TPSA) is 67.6 Å². The maximum absolute atomic E-state index is 9.38. The normalized spacial score (nSPS) is 10.7. The molecule has 5 heteroatoms. The number of nitrogens with zero attached hydrogens (tertiary/aromatic N) is 3. The van der Waals surface area contributed by atoms with Crippen molar-refractivity contribution in [1.82, 2.24) is 9.55 Å². The molecule has 2 N–H and O–H groups in total. The van der Waals surface area contributed by atoms with E-state index < -0.39 is 0 Å². The fourth-order valence-corrected chi connectivity index (χ4v) is 2.65. The van der Waals surface area contributed by atoms with Gasteiger partial charge < -0.3 is 5.73 Å². The molecule has 0 aliphatic rings. The number of halogens is 1. The molecule has 0 aliphatic carbocycles. The first-order valence-corrected chi connectivity index (χ1v) is 6.84. The number of aromatic nitrogens is 2. The smallest absolute Gasteiger partial charge is 0.205 e. The van der Waals surface area contributed by atoms with Crippen LogP contribution in [0.25, 0.3) is 16.7 Å². The minimum atomic E-state index is 0.375. The van der Waals surface area contributed by atoms with Crippen LogP contribution in [-0.4, -0.2) is 9.55 Å². The summed E-state index contributed by atoms with van der Waals surface area (Å²) in [6.45, 7) is 1.91. The molecule has 3 aromatic rings. The number of nitriles is 1. The molecule has 0 atom stereocenters. The van der Waals surface area contributed by atoms with Gasteiger partial charge in [-0.25, -0.2) is 4.98 Å². The molecule has 0 fully saturated rings. The van der Waals surface area contributed by atoms with Crippen LogP contribution >= 0.6 is 15.9 Å². The van der Waals surface area contributed by atoms with Crippen LogP contribution in [0.15, 0.2) is 40.9 Å². The van der Waals surface area contributed by atoms with Gasteiger partial charge in [-0.2, -0.15) is 5.26 Å². The minimum absolute atomic E-state index is 0.375. The summed E-state index contributed by atoms with van der Waals surface area (Å²) in [5.41, 5.74) is 9.99. The average molecular weight is 327 g/mol. The van der Waals surface area contributed by atoms with Crippen molar-refractivity contribution >= 4 is 32.9 Å². The Morgan fingerprint density at radius 1 is 1.30 bits per heavy atom. The predicted molar refractivity (Wildman–Crippen MR) is 82.6 cm³/mol. The van der Waals surface area contributed by atoms with Gasteiger partial charge in [-0.3, -0.25) is 4.57 Å². The van der Waals surface area contributed by atoms with E-state index in [-0.39, 0.29) is 0 Å². The van der Waals surface area contributed by atoms with E-state index in [0.29, 0.717) is 11.5 Å². The maximum Gasteiger partial charge on any atom is 0.205 e. The van der Waals surface area contributed by atoms with Crippen LogP contribution in [0, 0.1) is 18.3 Å². The zero-order valence-corrected chi connectivity index (χ0v) is 12.3. The monoisotopic (exact) mass is 326 g/mol. The highest BCUT2D eigenvalue weighted by atomic mass is 79.9. The molecule has 0 saturated heterocycles. The third-order valence-electron chi connectivity index (χ3n) is 3.25. The second kappa shape index (κ2) is 4.66. The van der Waals surface area contributed by atoms with E-state index >= 15 is 0 Å². The summed E-state index contributed by atoms with van der Waals surface area (Å²) in [7, 11) is 0. The Balaban J connectivity index is 2.41. The van der Waals surface area contributed by atoms with Gasteiger partial charge in [0, 0.05) is 4.47 Å². The summed E-state index contributed by atoms with van der Waals surface area (Å²) in [6.07, 6.45) is 0. The van der Waals surface area contributed by atoms with Crippen LogP contribution in [0.1, 0.15) is 11.1 Å². The molecular formula is C15H11BrN4. The van der Waals surface area contributed by atoms with Crippen molar-refractivity contribution in [1.29, 1.82) is 5.26 Å². The van der Waals surface area contributed by atoms with Gasteiger partial charge in [0.05, 0.1) is 22.3 Å². The van der Waals surface area contributed by atoms with Gasteiger partial charge in [-0.15, -0.1) is 0 Å². The number of rotatable bonds is 1. The van der Waals surface area contributed by atoms with E-state index in [1.165, 1.54) is 0 Å². The van der Waals surface area contributed by atoms with Gasteiger partial charge in [0.15, 0.2) is 0 Å². The predicted octanol–water partition coefficient (Wildman–Crippen LogP) is 3.55. The number of fused-ring (bicyclic) bond motifs is 1. The summed E-state index contributed by atoms with van der Waals surface area (Å²) >= 11 is 3.45. The SMILES string of the molecule is Cc1cccc(-n2c(N)nc3ccc(Br)cc32)c1C#N. The first-order valence-electron chi connectivity index (χ1n) is 6.05. The van der Waals surface area contributed by atoms with E-state index in [0.717, 1.165) is 26.8 Å². The lowest BCUT2D eigenvalue weighted by Gasteiger charge is -2.10. The highest BCUT2D eigenvalue weighted by Gasteiger charge is 2.14. The van der Waals surface area contributed by atoms with E-state index in [2.05, 4.69) is 27.0 Å².